The van der Waals surface area contributed by atoms with Crippen LogP contribution in [0.4, 0.5) is 11.4 Å². The second-order valence-electron chi connectivity index (χ2n) is 1.96. The molecule has 4 nitrogen and oxygen atoms in total. The van der Waals surface area contributed by atoms with Gasteiger partial charge in [0.25, 0.3) is 0 Å². The number of rotatable bonds is 1. The van der Waals surface area contributed by atoms with Gasteiger partial charge in [0.05, 0.1) is 29.9 Å². The molecule has 4 heteroatoms. The van der Waals surface area contributed by atoms with E-state index in [4.69, 9.17) is 16.6 Å². The summed E-state index contributed by atoms with van der Waals surface area (Å²) in [7, 11) is 0. The van der Waals surface area contributed by atoms with Crippen LogP contribution in [-0.4, -0.2) is 10.1 Å². The number of hydrogen-bond acceptors (Lipinski definition) is 4. The molecular weight excluding hydrogens is 130 g/mol. The maximum atomic E-state index is 8.59. The van der Waals surface area contributed by atoms with Crippen LogP contribution in [0.15, 0.2) is 12.3 Å². The molecule has 0 aliphatic heterocycles. The van der Waals surface area contributed by atoms with E-state index in [0.29, 0.717) is 17.1 Å². The number of nitrogens with zero attached hydrogens (tertiary/aromatic N) is 1. The van der Waals surface area contributed by atoms with Crippen LogP contribution in [0.5, 0.6) is 0 Å². The molecule has 0 radical (unpaired) electrons. The van der Waals surface area contributed by atoms with Crippen molar-refractivity contribution in [2.75, 3.05) is 11.5 Å². The Bertz CT molecular complexity index is 236. The molecule has 0 aliphatic rings. The molecule has 0 aliphatic carbocycles. The van der Waals surface area contributed by atoms with Crippen molar-refractivity contribution in [2.45, 2.75) is 6.61 Å². The molecule has 54 valence electrons. The molecule has 0 amide bonds. The van der Waals surface area contributed by atoms with Crippen LogP contribution >= 0.6 is 0 Å². The quantitative estimate of drug-likeness (QED) is 0.500. The van der Waals surface area contributed by atoms with Crippen molar-refractivity contribution in [3.8, 4) is 0 Å². The van der Waals surface area contributed by atoms with Crippen molar-refractivity contribution in [1.82, 2.24) is 4.98 Å². The number of hydrogen-bond donors (Lipinski definition) is 3. The lowest BCUT2D eigenvalue weighted by atomic mass is 10.3. The zero-order chi connectivity index (χ0) is 7.56. The van der Waals surface area contributed by atoms with E-state index in [-0.39, 0.29) is 6.61 Å². The third kappa shape index (κ3) is 1.16. The number of nitrogens with two attached hydrogens (primary N) is 2. The SMILES string of the molecule is Nc1cnc(CO)cc1N. The lowest BCUT2D eigenvalue weighted by molar-refractivity contribution is 0.277. The van der Waals surface area contributed by atoms with Gasteiger partial charge in [-0.1, -0.05) is 0 Å². The van der Waals surface area contributed by atoms with Gasteiger partial charge in [-0.2, -0.15) is 0 Å². The van der Waals surface area contributed by atoms with Crippen LogP contribution in [0.3, 0.4) is 0 Å². The normalized spacial score (nSPS) is 9.70. The zero-order valence-corrected chi connectivity index (χ0v) is 5.41. The van der Waals surface area contributed by atoms with E-state index in [1.807, 2.05) is 0 Å². The molecule has 10 heavy (non-hydrogen) atoms. The first-order valence-corrected chi connectivity index (χ1v) is 2.84. The van der Waals surface area contributed by atoms with Gasteiger partial charge in [-0.25, -0.2) is 0 Å². The summed E-state index contributed by atoms with van der Waals surface area (Å²) in [4.78, 5) is 3.80. The van der Waals surface area contributed by atoms with Crippen molar-refractivity contribution in [3.63, 3.8) is 0 Å². The fourth-order valence-corrected chi connectivity index (χ4v) is 0.614. The summed E-state index contributed by atoms with van der Waals surface area (Å²) in [6.07, 6.45) is 1.43. The fraction of sp³-hybridized carbons (Fsp3) is 0.167. The minimum atomic E-state index is -0.107. The first-order chi connectivity index (χ1) is 4.74. The molecule has 5 N–H and O–H groups in total. The molecule has 0 bridgehead atoms. The van der Waals surface area contributed by atoms with Gasteiger partial charge in [-0.05, 0) is 6.07 Å². The Morgan fingerprint density at radius 1 is 1.40 bits per heavy atom. The lowest BCUT2D eigenvalue weighted by Crippen LogP contribution is -1.98. The minimum absolute atomic E-state index is 0.107. The monoisotopic (exact) mass is 139 g/mol. The van der Waals surface area contributed by atoms with Crippen molar-refractivity contribution in [3.05, 3.63) is 18.0 Å². The van der Waals surface area contributed by atoms with Gasteiger partial charge >= 0.3 is 0 Å². The summed E-state index contributed by atoms with van der Waals surface area (Å²) < 4.78 is 0. The Kier molecular flexibility index (Phi) is 1.73. The van der Waals surface area contributed by atoms with Gasteiger partial charge in [0.2, 0.25) is 0 Å². The Balaban J connectivity index is 3.04. The third-order valence-corrected chi connectivity index (χ3v) is 1.19. The number of aliphatic hydroxyl groups excluding tert-OH is 1. The summed E-state index contributed by atoms with van der Waals surface area (Å²) >= 11 is 0. The Morgan fingerprint density at radius 3 is 2.60 bits per heavy atom. The van der Waals surface area contributed by atoms with E-state index in [2.05, 4.69) is 4.98 Å². The molecule has 0 fully saturated rings. The maximum absolute atomic E-state index is 8.59. The number of aliphatic hydroxyl groups is 1. The summed E-state index contributed by atoms with van der Waals surface area (Å²) in [5.41, 5.74) is 12.2. The van der Waals surface area contributed by atoms with Crippen LogP contribution in [0.2, 0.25) is 0 Å². The first kappa shape index (κ1) is 6.82. The van der Waals surface area contributed by atoms with Crippen LogP contribution in [0.1, 0.15) is 5.69 Å². The number of anilines is 2. The number of pyridine rings is 1. The highest BCUT2D eigenvalue weighted by Gasteiger charge is 1.95. The van der Waals surface area contributed by atoms with Gasteiger partial charge in [0.1, 0.15) is 0 Å². The van der Waals surface area contributed by atoms with E-state index in [1.54, 1.807) is 6.07 Å². The topological polar surface area (TPSA) is 85.2 Å². The first-order valence-electron chi connectivity index (χ1n) is 2.84. The molecular formula is C6H9N3O. The summed E-state index contributed by atoms with van der Waals surface area (Å²) in [5, 5.41) is 8.59. The summed E-state index contributed by atoms with van der Waals surface area (Å²) in [6.45, 7) is -0.107. The highest BCUT2D eigenvalue weighted by atomic mass is 16.3. The number of nitrogen functional groups attached to an aromatic ring is 2. The largest absolute Gasteiger partial charge is 0.397 e. The van der Waals surface area contributed by atoms with E-state index in [0.717, 1.165) is 0 Å². The Hall–Kier alpha value is -1.29. The van der Waals surface area contributed by atoms with Crippen molar-refractivity contribution < 1.29 is 5.11 Å². The molecule has 0 saturated heterocycles. The maximum Gasteiger partial charge on any atom is 0.0853 e. The van der Waals surface area contributed by atoms with Crippen molar-refractivity contribution >= 4 is 11.4 Å². The number of aromatic nitrogens is 1. The molecule has 1 aromatic rings. The lowest BCUT2D eigenvalue weighted by Gasteiger charge is -1.99. The zero-order valence-electron chi connectivity index (χ0n) is 5.41. The second kappa shape index (κ2) is 2.53. The molecule has 0 saturated carbocycles. The van der Waals surface area contributed by atoms with E-state index in [1.165, 1.54) is 6.20 Å². The van der Waals surface area contributed by atoms with Gasteiger partial charge in [0, 0.05) is 0 Å². The molecule has 0 atom stereocenters. The Labute approximate surface area is 58.5 Å². The fourth-order valence-electron chi connectivity index (χ4n) is 0.614. The molecule has 0 spiro atoms. The van der Waals surface area contributed by atoms with E-state index >= 15 is 0 Å². The predicted octanol–water partition coefficient (Wildman–Crippen LogP) is -0.262. The smallest absolute Gasteiger partial charge is 0.0853 e. The van der Waals surface area contributed by atoms with Crippen LogP contribution in [0, 0.1) is 0 Å². The molecule has 1 aromatic heterocycles. The highest BCUT2D eigenvalue weighted by molar-refractivity contribution is 5.61. The molecule has 0 aromatic carbocycles. The highest BCUT2D eigenvalue weighted by Crippen LogP contribution is 2.12. The summed E-state index contributed by atoms with van der Waals surface area (Å²) in [6, 6.07) is 1.55. The minimum Gasteiger partial charge on any atom is -0.397 e. The average molecular weight is 139 g/mol. The molecule has 0 unspecified atom stereocenters. The van der Waals surface area contributed by atoms with Crippen molar-refractivity contribution in [1.29, 1.82) is 0 Å². The second-order valence-corrected chi connectivity index (χ2v) is 1.96. The van der Waals surface area contributed by atoms with E-state index < -0.39 is 0 Å². The Morgan fingerprint density at radius 2 is 2.10 bits per heavy atom. The van der Waals surface area contributed by atoms with Crippen LogP contribution in [0.25, 0.3) is 0 Å². The average Bonchev–Trinajstić information content (AvgIpc) is 1.95. The molecule has 1 heterocycles. The molecule has 1 rings (SSSR count). The standard InChI is InChI=1S/C6H9N3O/c7-5-1-4(3-10)9-2-6(5)8/h1-2,10H,3,8H2,(H2,7,9). The van der Waals surface area contributed by atoms with Gasteiger partial charge in [-0.3, -0.25) is 4.98 Å². The van der Waals surface area contributed by atoms with Gasteiger partial charge < -0.3 is 16.6 Å². The van der Waals surface area contributed by atoms with Crippen molar-refractivity contribution in [2.24, 2.45) is 0 Å². The predicted molar refractivity (Wildman–Crippen MR) is 39.0 cm³/mol. The van der Waals surface area contributed by atoms with E-state index in [9.17, 15) is 0 Å². The third-order valence-electron chi connectivity index (χ3n) is 1.19. The van der Waals surface area contributed by atoms with Gasteiger partial charge in [0.15, 0.2) is 0 Å². The van der Waals surface area contributed by atoms with Gasteiger partial charge in [-0.15, -0.1) is 0 Å². The van der Waals surface area contributed by atoms with Crippen LogP contribution in [-0.2, 0) is 6.61 Å². The van der Waals surface area contributed by atoms with Crippen LogP contribution < -0.4 is 11.5 Å². The summed E-state index contributed by atoms with van der Waals surface area (Å²) in [5.74, 6) is 0.